The normalized spacial score (nSPS) is 10.5. The first-order valence-electron chi connectivity index (χ1n) is 7.36. The van der Waals surface area contributed by atoms with Gasteiger partial charge in [-0.15, -0.1) is 0 Å². The van der Waals surface area contributed by atoms with E-state index in [1.54, 1.807) is 7.11 Å². The van der Waals surface area contributed by atoms with Gasteiger partial charge in [0.1, 0.15) is 17.8 Å². The Morgan fingerprint density at radius 3 is 2.64 bits per heavy atom. The number of nitrogens with zero attached hydrogens (tertiary/aromatic N) is 2. The molecular weight excluding hydrogens is 278 g/mol. The van der Waals surface area contributed by atoms with Crippen molar-refractivity contribution in [2.24, 2.45) is 5.92 Å². The molecule has 0 saturated carbocycles. The summed E-state index contributed by atoms with van der Waals surface area (Å²) in [6.07, 6.45) is 2.55. The highest BCUT2D eigenvalue weighted by Gasteiger charge is 2.10. The van der Waals surface area contributed by atoms with Gasteiger partial charge in [0, 0.05) is 6.54 Å². The summed E-state index contributed by atoms with van der Waals surface area (Å²) < 4.78 is 5.32. The van der Waals surface area contributed by atoms with Crippen molar-refractivity contribution < 1.29 is 4.74 Å². The highest BCUT2D eigenvalue weighted by atomic mass is 16.5. The van der Waals surface area contributed by atoms with Crippen LogP contribution in [-0.2, 0) is 0 Å². The van der Waals surface area contributed by atoms with Crippen molar-refractivity contribution in [3.63, 3.8) is 0 Å². The molecule has 0 bridgehead atoms. The van der Waals surface area contributed by atoms with Gasteiger partial charge in [0.05, 0.1) is 12.8 Å². The van der Waals surface area contributed by atoms with Crippen molar-refractivity contribution in [3.8, 4) is 5.75 Å². The van der Waals surface area contributed by atoms with E-state index in [9.17, 15) is 0 Å². The van der Waals surface area contributed by atoms with Gasteiger partial charge < -0.3 is 21.1 Å². The van der Waals surface area contributed by atoms with E-state index in [0.717, 1.165) is 24.4 Å². The number of hydrogen-bond donors (Lipinski definition) is 3. The number of nitrogen functional groups attached to an aromatic ring is 1. The van der Waals surface area contributed by atoms with Crippen molar-refractivity contribution >= 4 is 23.0 Å². The molecule has 118 valence electrons. The van der Waals surface area contributed by atoms with E-state index < -0.39 is 0 Å². The summed E-state index contributed by atoms with van der Waals surface area (Å²) in [6.45, 7) is 5.19. The maximum atomic E-state index is 6.15. The van der Waals surface area contributed by atoms with E-state index in [1.807, 2.05) is 24.3 Å². The number of anilines is 4. The Labute approximate surface area is 131 Å². The number of hydrogen-bond acceptors (Lipinski definition) is 6. The number of benzene rings is 1. The lowest BCUT2D eigenvalue weighted by molar-refractivity contribution is 0.417. The molecule has 1 aromatic carbocycles. The van der Waals surface area contributed by atoms with Crippen LogP contribution < -0.4 is 21.1 Å². The second-order valence-electron chi connectivity index (χ2n) is 5.42. The summed E-state index contributed by atoms with van der Waals surface area (Å²) in [5.41, 5.74) is 7.45. The Balaban J connectivity index is 2.14. The van der Waals surface area contributed by atoms with Crippen LogP contribution in [-0.4, -0.2) is 23.6 Å². The smallest absolute Gasteiger partial charge is 0.159 e. The number of rotatable bonds is 7. The van der Waals surface area contributed by atoms with E-state index in [2.05, 4.69) is 34.4 Å². The van der Waals surface area contributed by atoms with Gasteiger partial charge in [0.25, 0.3) is 0 Å². The van der Waals surface area contributed by atoms with E-state index in [4.69, 9.17) is 10.5 Å². The highest BCUT2D eigenvalue weighted by molar-refractivity contribution is 5.79. The molecule has 0 aliphatic rings. The van der Waals surface area contributed by atoms with Crippen molar-refractivity contribution in [1.82, 2.24) is 9.97 Å². The maximum Gasteiger partial charge on any atom is 0.159 e. The molecule has 4 N–H and O–H groups in total. The van der Waals surface area contributed by atoms with Crippen LogP contribution in [0, 0.1) is 5.92 Å². The summed E-state index contributed by atoms with van der Waals surface area (Å²) >= 11 is 0. The summed E-state index contributed by atoms with van der Waals surface area (Å²) in [6, 6.07) is 7.62. The number of nitrogens with two attached hydrogens (primary N) is 1. The molecule has 0 atom stereocenters. The average Bonchev–Trinajstić information content (AvgIpc) is 2.51. The van der Waals surface area contributed by atoms with Gasteiger partial charge in [-0.3, -0.25) is 0 Å². The van der Waals surface area contributed by atoms with Gasteiger partial charge in [0.15, 0.2) is 11.6 Å². The Bertz CT molecular complexity index is 615. The van der Waals surface area contributed by atoms with Crippen LogP contribution in [0.5, 0.6) is 5.75 Å². The van der Waals surface area contributed by atoms with Gasteiger partial charge in [-0.2, -0.15) is 0 Å². The molecule has 6 nitrogen and oxygen atoms in total. The first kappa shape index (κ1) is 15.9. The average molecular weight is 301 g/mol. The van der Waals surface area contributed by atoms with Crippen molar-refractivity contribution in [2.45, 2.75) is 20.3 Å². The molecule has 0 aliphatic heterocycles. The van der Waals surface area contributed by atoms with E-state index in [-0.39, 0.29) is 0 Å². The number of ether oxygens (including phenoxy) is 1. The van der Waals surface area contributed by atoms with Crippen molar-refractivity contribution in [3.05, 3.63) is 30.6 Å². The predicted molar refractivity (Wildman–Crippen MR) is 90.7 cm³/mol. The maximum absolute atomic E-state index is 6.15. The molecule has 0 fully saturated rings. The molecule has 0 saturated heterocycles. The van der Waals surface area contributed by atoms with E-state index in [0.29, 0.717) is 23.2 Å². The Morgan fingerprint density at radius 1 is 1.18 bits per heavy atom. The molecule has 0 unspecified atom stereocenters. The molecule has 1 aromatic heterocycles. The lowest BCUT2D eigenvalue weighted by Gasteiger charge is -2.14. The van der Waals surface area contributed by atoms with Crippen molar-refractivity contribution in [1.29, 1.82) is 0 Å². The molecule has 0 radical (unpaired) electrons. The fraction of sp³-hybridized carbons (Fsp3) is 0.375. The minimum Gasteiger partial charge on any atom is -0.495 e. The monoisotopic (exact) mass is 301 g/mol. The quantitative estimate of drug-likeness (QED) is 0.728. The van der Waals surface area contributed by atoms with Crippen LogP contribution in [0.25, 0.3) is 0 Å². The molecule has 0 aliphatic carbocycles. The molecule has 6 heteroatoms. The topological polar surface area (TPSA) is 85.1 Å². The first-order valence-corrected chi connectivity index (χ1v) is 7.36. The van der Waals surface area contributed by atoms with E-state index in [1.165, 1.54) is 6.33 Å². The SMILES string of the molecule is COc1ccccc1Nc1ncnc(NCCC(C)C)c1N. The number of methoxy groups -OCH3 is 1. The lowest BCUT2D eigenvalue weighted by Crippen LogP contribution is -2.10. The molecule has 22 heavy (non-hydrogen) atoms. The molecule has 1 heterocycles. The van der Waals surface area contributed by atoms with Crippen molar-refractivity contribution in [2.75, 3.05) is 30.0 Å². The van der Waals surface area contributed by atoms with Gasteiger partial charge in [0.2, 0.25) is 0 Å². The molecule has 0 spiro atoms. The van der Waals surface area contributed by atoms with Gasteiger partial charge in [-0.05, 0) is 24.5 Å². The summed E-state index contributed by atoms with van der Waals surface area (Å²) in [5, 5.41) is 6.44. The van der Waals surface area contributed by atoms with Crippen LogP contribution in [0.1, 0.15) is 20.3 Å². The highest BCUT2D eigenvalue weighted by Crippen LogP contribution is 2.30. The minimum atomic E-state index is 0.497. The second-order valence-corrected chi connectivity index (χ2v) is 5.42. The zero-order valence-electron chi connectivity index (χ0n) is 13.3. The molecule has 0 amide bonds. The van der Waals surface area contributed by atoms with Crippen LogP contribution >= 0.6 is 0 Å². The first-order chi connectivity index (χ1) is 10.6. The van der Waals surface area contributed by atoms with Gasteiger partial charge in [-0.25, -0.2) is 9.97 Å². The van der Waals surface area contributed by atoms with Crippen LogP contribution in [0.4, 0.5) is 23.0 Å². The molecule has 2 aromatic rings. The van der Waals surface area contributed by atoms with Gasteiger partial charge in [-0.1, -0.05) is 26.0 Å². The number of para-hydroxylation sites is 2. The molecule has 2 rings (SSSR count). The lowest BCUT2D eigenvalue weighted by atomic mass is 10.1. The summed E-state index contributed by atoms with van der Waals surface area (Å²) in [7, 11) is 1.63. The fourth-order valence-electron chi connectivity index (χ4n) is 1.99. The van der Waals surface area contributed by atoms with Crippen LogP contribution in [0.2, 0.25) is 0 Å². The molecular formula is C16H23N5O. The number of aromatic nitrogens is 2. The largest absolute Gasteiger partial charge is 0.495 e. The predicted octanol–water partition coefficient (Wildman–Crippen LogP) is 3.27. The zero-order chi connectivity index (χ0) is 15.9. The Morgan fingerprint density at radius 2 is 1.91 bits per heavy atom. The Hall–Kier alpha value is -2.50. The number of nitrogens with one attached hydrogen (secondary N) is 2. The zero-order valence-corrected chi connectivity index (χ0v) is 13.3. The van der Waals surface area contributed by atoms with Gasteiger partial charge >= 0.3 is 0 Å². The minimum absolute atomic E-state index is 0.497. The second kappa shape index (κ2) is 7.49. The third-order valence-corrected chi connectivity index (χ3v) is 3.26. The third-order valence-electron chi connectivity index (χ3n) is 3.26. The summed E-state index contributed by atoms with van der Waals surface area (Å²) in [4.78, 5) is 8.41. The third kappa shape index (κ3) is 4.00. The summed E-state index contributed by atoms with van der Waals surface area (Å²) in [5.74, 6) is 2.57. The fourth-order valence-corrected chi connectivity index (χ4v) is 1.99. The standard InChI is InChI=1S/C16H23N5O/c1-11(2)8-9-18-15-14(17)16(20-10-19-15)21-12-6-4-5-7-13(12)22-3/h4-7,10-11H,8-9,17H2,1-3H3,(H2,18,19,20,21). The Kier molecular flexibility index (Phi) is 5.41. The van der Waals surface area contributed by atoms with E-state index >= 15 is 0 Å². The van der Waals surface area contributed by atoms with Crippen LogP contribution in [0.3, 0.4) is 0 Å². The van der Waals surface area contributed by atoms with Crippen LogP contribution in [0.15, 0.2) is 30.6 Å².